The monoisotopic (exact) mass is 367 g/mol. The zero-order valence-corrected chi connectivity index (χ0v) is 15.2. The van der Waals surface area contributed by atoms with Crippen molar-refractivity contribution in [3.05, 3.63) is 101 Å². The van der Waals surface area contributed by atoms with Gasteiger partial charge in [0.2, 0.25) is 0 Å². The van der Waals surface area contributed by atoms with Crippen LogP contribution >= 0.6 is 11.6 Å². The predicted molar refractivity (Wildman–Crippen MR) is 105 cm³/mol. The largest absolute Gasteiger partial charge is 0.489 e. The molecule has 0 aliphatic heterocycles. The van der Waals surface area contributed by atoms with Gasteiger partial charge in [-0.15, -0.1) is 0 Å². The fourth-order valence-corrected chi connectivity index (χ4v) is 2.90. The third kappa shape index (κ3) is 5.33. The third-order valence-electron chi connectivity index (χ3n) is 4.10. The zero-order chi connectivity index (χ0) is 18.2. The van der Waals surface area contributed by atoms with E-state index >= 15 is 0 Å². The lowest BCUT2D eigenvalue weighted by Crippen LogP contribution is -2.21. The number of halogens is 1. The summed E-state index contributed by atoms with van der Waals surface area (Å²) in [6.45, 7) is 1.58. The molecular weight excluding hydrogens is 346 g/mol. The Morgan fingerprint density at radius 3 is 2.50 bits per heavy atom. The molecule has 3 aromatic carbocycles. The second kappa shape index (κ2) is 9.39. The highest BCUT2D eigenvalue weighted by atomic mass is 35.5. The van der Waals surface area contributed by atoms with Crippen LogP contribution in [0, 0.1) is 0 Å². The molecule has 0 radical (unpaired) electrons. The van der Waals surface area contributed by atoms with Crippen LogP contribution in [0.3, 0.4) is 0 Å². The Bertz CT molecular complexity index is 823. The van der Waals surface area contributed by atoms with E-state index in [1.807, 2.05) is 66.7 Å². The lowest BCUT2D eigenvalue weighted by Gasteiger charge is -2.15. The van der Waals surface area contributed by atoms with Crippen molar-refractivity contribution in [2.75, 3.05) is 6.54 Å². The number of nitrogens with one attached hydrogen (secondary N) is 1. The van der Waals surface area contributed by atoms with E-state index in [1.54, 1.807) is 12.1 Å². The van der Waals surface area contributed by atoms with Gasteiger partial charge >= 0.3 is 0 Å². The number of aliphatic hydroxyl groups excluding tert-OH is 1. The topological polar surface area (TPSA) is 41.5 Å². The van der Waals surface area contributed by atoms with Gasteiger partial charge in [-0.05, 0) is 29.3 Å². The van der Waals surface area contributed by atoms with Crippen molar-refractivity contribution in [2.45, 2.75) is 19.3 Å². The molecule has 0 aromatic heterocycles. The van der Waals surface area contributed by atoms with Gasteiger partial charge in [0, 0.05) is 23.7 Å². The highest BCUT2D eigenvalue weighted by molar-refractivity contribution is 6.30. The number of hydrogen-bond donors (Lipinski definition) is 2. The molecule has 4 heteroatoms. The highest BCUT2D eigenvalue weighted by Crippen LogP contribution is 2.20. The van der Waals surface area contributed by atoms with Crippen LogP contribution in [0.5, 0.6) is 5.75 Å². The van der Waals surface area contributed by atoms with Crippen molar-refractivity contribution in [2.24, 2.45) is 0 Å². The molecule has 0 saturated heterocycles. The number of para-hydroxylation sites is 1. The van der Waals surface area contributed by atoms with Gasteiger partial charge in [-0.25, -0.2) is 0 Å². The van der Waals surface area contributed by atoms with Crippen LogP contribution in [0.25, 0.3) is 0 Å². The van der Waals surface area contributed by atoms with Crippen LogP contribution in [-0.4, -0.2) is 11.7 Å². The van der Waals surface area contributed by atoms with Gasteiger partial charge in [-0.3, -0.25) is 0 Å². The van der Waals surface area contributed by atoms with E-state index in [0.717, 1.165) is 22.4 Å². The summed E-state index contributed by atoms with van der Waals surface area (Å²) < 4.78 is 5.96. The Morgan fingerprint density at radius 2 is 1.69 bits per heavy atom. The molecule has 1 atom stereocenters. The minimum Gasteiger partial charge on any atom is -0.489 e. The van der Waals surface area contributed by atoms with Crippen molar-refractivity contribution in [3.8, 4) is 5.75 Å². The zero-order valence-electron chi connectivity index (χ0n) is 14.4. The smallest absolute Gasteiger partial charge is 0.124 e. The van der Waals surface area contributed by atoms with Crippen LogP contribution in [-0.2, 0) is 13.2 Å². The fourth-order valence-electron chi connectivity index (χ4n) is 2.70. The second-order valence-electron chi connectivity index (χ2n) is 6.08. The summed E-state index contributed by atoms with van der Waals surface area (Å²) in [4.78, 5) is 0. The van der Waals surface area contributed by atoms with Gasteiger partial charge in [0.05, 0.1) is 6.10 Å². The molecule has 0 amide bonds. The SMILES string of the molecule is OC(CNCc1ccccc1OCc1ccccc1)c1cccc(Cl)c1. The maximum Gasteiger partial charge on any atom is 0.124 e. The predicted octanol–water partition coefficient (Wildman–Crippen LogP) is 4.74. The molecule has 0 spiro atoms. The fraction of sp³-hybridized carbons (Fsp3) is 0.182. The Labute approximate surface area is 159 Å². The van der Waals surface area contributed by atoms with Gasteiger partial charge in [0.15, 0.2) is 0 Å². The quantitative estimate of drug-likeness (QED) is 0.604. The van der Waals surface area contributed by atoms with Crippen LogP contribution in [0.1, 0.15) is 22.8 Å². The average molecular weight is 368 g/mol. The molecule has 3 nitrogen and oxygen atoms in total. The van der Waals surface area contributed by atoms with E-state index in [-0.39, 0.29) is 0 Å². The molecule has 0 bridgehead atoms. The summed E-state index contributed by atoms with van der Waals surface area (Å²) in [5, 5.41) is 14.2. The van der Waals surface area contributed by atoms with Crippen molar-refractivity contribution in [3.63, 3.8) is 0 Å². The summed E-state index contributed by atoms with van der Waals surface area (Å²) in [7, 11) is 0. The van der Waals surface area contributed by atoms with Crippen molar-refractivity contribution in [1.82, 2.24) is 5.32 Å². The Balaban J connectivity index is 1.55. The molecule has 0 heterocycles. The van der Waals surface area contributed by atoms with Crippen LogP contribution in [0.15, 0.2) is 78.9 Å². The Kier molecular flexibility index (Phi) is 6.67. The molecule has 3 aromatic rings. The standard InChI is InChI=1S/C22H22ClNO2/c23-20-11-6-10-18(13-20)21(25)15-24-14-19-9-4-5-12-22(19)26-16-17-7-2-1-3-8-17/h1-13,21,24-25H,14-16H2. The number of rotatable bonds is 8. The first-order valence-electron chi connectivity index (χ1n) is 8.61. The Hall–Kier alpha value is -2.33. The van der Waals surface area contributed by atoms with Crippen LogP contribution < -0.4 is 10.1 Å². The molecule has 0 aliphatic carbocycles. The number of aliphatic hydroxyl groups is 1. The van der Waals surface area contributed by atoms with E-state index in [0.29, 0.717) is 24.7 Å². The Morgan fingerprint density at radius 1 is 0.923 bits per heavy atom. The van der Waals surface area contributed by atoms with E-state index in [2.05, 4.69) is 5.32 Å². The van der Waals surface area contributed by atoms with Crippen LogP contribution in [0.2, 0.25) is 5.02 Å². The molecule has 3 rings (SSSR count). The summed E-state index contributed by atoms with van der Waals surface area (Å²) in [5.41, 5.74) is 2.99. The number of hydrogen-bond acceptors (Lipinski definition) is 3. The van der Waals surface area contributed by atoms with Gasteiger partial charge in [0.25, 0.3) is 0 Å². The first-order valence-corrected chi connectivity index (χ1v) is 8.99. The van der Waals surface area contributed by atoms with E-state index in [4.69, 9.17) is 16.3 Å². The summed E-state index contributed by atoms with van der Waals surface area (Å²) in [6.07, 6.45) is -0.605. The van der Waals surface area contributed by atoms with Crippen molar-refractivity contribution in [1.29, 1.82) is 0 Å². The minimum absolute atomic E-state index is 0.438. The summed E-state index contributed by atoms with van der Waals surface area (Å²) >= 11 is 5.98. The first-order chi connectivity index (χ1) is 12.7. The number of ether oxygens (including phenoxy) is 1. The first kappa shape index (κ1) is 18.5. The molecule has 2 N–H and O–H groups in total. The second-order valence-corrected chi connectivity index (χ2v) is 6.52. The lowest BCUT2D eigenvalue weighted by atomic mass is 10.1. The van der Waals surface area contributed by atoms with Gasteiger partial charge in [-0.2, -0.15) is 0 Å². The molecule has 0 saturated carbocycles. The van der Waals surface area contributed by atoms with E-state index in [9.17, 15) is 5.11 Å². The molecule has 134 valence electrons. The van der Waals surface area contributed by atoms with E-state index in [1.165, 1.54) is 0 Å². The van der Waals surface area contributed by atoms with Crippen molar-refractivity contribution < 1.29 is 9.84 Å². The molecular formula is C22H22ClNO2. The summed E-state index contributed by atoms with van der Waals surface area (Å²) in [5.74, 6) is 0.848. The van der Waals surface area contributed by atoms with Crippen LogP contribution in [0.4, 0.5) is 0 Å². The van der Waals surface area contributed by atoms with Gasteiger partial charge in [-0.1, -0.05) is 72.3 Å². The maximum absolute atomic E-state index is 10.3. The van der Waals surface area contributed by atoms with Gasteiger partial charge < -0.3 is 15.2 Å². The third-order valence-corrected chi connectivity index (χ3v) is 4.33. The average Bonchev–Trinajstić information content (AvgIpc) is 2.68. The highest BCUT2D eigenvalue weighted by Gasteiger charge is 2.09. The lowest BCUT2D eigenvalue weighted by molar-refractivity contribution is 0.174. The maximum atomic E-state index is 10.3. The number of benzene rings is 3. The van der Waals surface area contributed by atoms with E-state index < -0.39 is 6.10 Å². The minimum atomic E-state index is -0.605. The molecule has 0 fully saturated rings. The molecule has 1 unspecified atom stereocenters. The normalized spacial score (nSPS) is 11.9. The molecule has 0 aliphatic rings. The summed E-state index contributed by atoms with van der Waals surface area (Å²) in [6, 6.07) is 25.3. The molecule has 26 heavy (non-hydrogen) atoms. The van der Waals surface area contributed by atoms with Gasteiger partial charge in [0.1, 0.15) is 12.4 Å². The van der Waals surface area contributed by atoms with Crippen molar-refractivity contribution >= 4 is 11.6 Å².